The van der Waals surface area contributed by atoms with Gasteiger partial charge in [-0.25, -0.2) is 0 Å². The van der Waals surface area contributed by atoms with E-state index in [9.17, 15) is 0 Å². The molecule has 0 aromatic rings. The molecular formula is C17H35IN4O. The molecule has 136 valence electrons. The van der Waals surface area contributed by atoms with Crippen LogP contribution < -0.4 is 10.6 Å². The zero-order valence-electron chi connectivity index (χ0n) is 15.2. The summed E-state index contributed by atoms with van der Waals surface area (Å²) in [7, 11) is 8.00. The number of aliphatic imine (C=N–C) groups is 1. The Bertz CT molecular complexity index is 366. The van der Waals surface area contributed by atoms with Crippen molar-refractivity contribution in [2.45, 2.75) is 44.6 Å². The van der Waals surface area contributed by atoms with E-state index in [1.807, 2.05) is 7.05 Å². The lowest BCUT2D eigenvalue weighted by molar-refractivity contribution is 0.0732. The molecule has 0 amide bonds. The molecule has 2 N–H and O–H groups in total. The fraction of sp³-hybridized carbons (Fsp3) is 0.941. The molecule has 5 nitrogen and oxygen atoms in total. The fourth-order valence-electron chi connectivity index (χ4n) is 3.46. The molecule has 0 spiro atoms. The average Bonchev–Trinajstić information content (AvgIpc) is 3.28. The SMILES string of the molecule is CN=C(NCC(C1CC1)N(C)C)NCC1(CCOC)CCC1.I. The highest BCUT2D eigenvalue weighted by Gasteiger charge is 2.36. The first-order valence-electron chi connectivity index (χ1n) is 8.70. The number of nitrogens with one attached hydrogen (secondary N) is 2. The third-order valence-corrected chi connectivity index (χ3v) is 5.41. The van der Waals surface area contributed by atoms with Crippen LogP contribution in [0.15, 0.2) is 4.99 Å². The summed E-state index contributed by atoms with van der Waals surface area (Å²) in [6.07, 6.45) is 7.86. The van der Waals surface area contributed by atoms with Crippen molar-refractivity contribution in [2.24, 2.45) is 16.3 Å². The number of nitrogens with zero attached hydrogens (tertiary/aromatic N) is 2. The monoisotopic (exact) mass is 438 g/mol. The Morgan fingerprint density at radius 2 is 2.00 bits per heavy atom. The van der Waals surface area contributed by atoms with Gasteiger partial charge in [0.1, 0.15) is 0 Å². The van der Waals surface area contributed by atoms with Crippen LogP contribution in [0.4, 0.5) is 0 Å². The number of rotatable bonds is 9. The highest BCUT2D eigenvalue weighted by atomic mass is 127. The van der Waals surface area contributed by atoms with Gasteiger partial charge in [0.05, 0.1) is 0 Å². The molecule has 0 aromatic carbocycles. The summed E-state index contributed by atoms with van der Waals surface area (Å²) in [6.45, 7) is 2.84. The Kier molecular flexibility index (Phi) is 9.15. The maximum Gasteiger partial charge on any atom is 0.191 e. The van der Waals surface area contributed by atoms with E-state index < -0.39 is 0 Å². The largest absolute Gasteiger partial charge is 0.385 e. The van der Waals surface area contributed by atoms with E-state index in [1.165, 1.54) is 32.1 Å². The van der Waals surface area contributed by atoms with Gasteiger partial charge in [0.2, 0.25) is 0 Å². The summed E-state index contributed by atoms with van der Waals surface area (Å²) in [5.41, 5.74) is 0.422. The zero-order chi connectivity index (χ0) is 16.0. The molecule has 2 fully saturated rings. The minimum atomic E-state index is 0. The van der Waals surface area contributed by atoms with Gasteiger partial charge in [-0.05, 0) is 57.5 Å². The highest BCUT2D eigenvalue weighted by molar-refractivity contribution is 14.0. The van der Waals surface area contributed by atoms with Crippen LogP contribution in [0.1, 0.15) is 38.5 Å². The smallest absolute Gasteiger partial charge is 0.191 e. The topological polar surface area (TPSA) is 48.9 Å². The van der Waals surface area contributed by atoms with Crippen LogP contribution in [0.2, 0.25) is 0 Å². The Morgan fingerprint density at radius 3 is 2.43 bits per heavy atom. The van der Waals surface area contributed by atoms with Crippen molar-refractivity contribution in [1.82, 2.24) is 15.5 Å². The Labute approximate surface area is 159 Å². The Balaban J connectivity index is 0.00000264. The maximum atomic E-state index is 5.27. The third kappa shape index (κ3) is 6.38. The highest BCUT2D eigenvalue weighted by Crippen LogP contribution is 2.43. The van der Waals surface area contributed by atoms with Crippen molar-refractivity contribution < 1.29 is 4.74 Å². The van der Waals surface area contributed by atoms with Gasteiger partial charge in [0, 0.05) is 39.9 Å². The first-order valence-corrected chi connectivity index (χ1v) is 8.70. The lowest BCUT2D eigenvalue weighted by Gasteiger charge is -2.42. The number of ether oxygens (including phenoxy) is 1. The summed E-state index contributed by atoms with van der Waals surface area (Å²) < 4.78 is 5.27. The van der Waals surface area contributed by atoms with Gasteiger partial charge < -0.3 is 20.3 Å². The lowest BCUT2D eigenvalue weighted by Crippen LogP contribution is -2.50. The molecule has 2 saturated carbocycles. The van der Waals surface area contributed by atoms with Crippen LogP contribution in [0.25, 0.3) is 0 Å². The van der Waals surface area contributed by atoms with Crippen molar-refractivity contribution in [3.8, 4) is 0 Å². The van der Waals surface area contributed by atoms with Gasteiger partial charge >= 0.3 is 0 Å². The van der Waals surface area contributed by atoms with Crippen LogP contribution in [0.3, 0.4) is 0 Å². The van der Waals surface area contributed by atoms with Gasteiger partial charge in [0.25, 0.3) is 0 Å². The van der Waals surface area contributed by atoms with Crippen LogP contribution in [0, 0.1) is 11.3 Å². The molecule has 2 rings (SSSR count). The predicted molar refractivity (Wildman–Crippen MR) is 108 cm³/mol. The molecule has 2 aliphatic rings. The molecule has 1 atom stereocenters. The Morgan fingerprint density at radius 1 is 1.30 bits per heavy atom. The zero-order valence-corrected chi connectivity index (χ0v) is 17.6. The van der Waals surface area contributed by atoms with Crippen molar-refractivity contribution in [3.63, 3.8) is 0 Å². The first kappa shape index (κ1) is 21.0. The maximum absolute atomic E-state index is 5.27. The number of hydrogen-bond donors (Lipinski definition) is 2. The number of methoxy groups -OCH3 is 1. The summed E-state index contributed by atoms with van der Waals surface area (Å²) in [4.78, 5) is 6.72. The number of guanidine groups is 1. The van der Waals surface area contributed by atoms with Gasteiger partial charge in [-0.1, -0.05) is 6.42 Å². The normalized spacial score (nSPS) is 21.3. The molecular weight excluding hydrogens is 403 g/mol. The molecule has 1 unspecified atom stereocenters. The van der Waals surface area contributed by atoms with Crippen LogP contribution >= 0.6 is 24.0 Å². The van der Waals surface area contributed by atoms with Crippen LogP contribution in [-0.4, -0.2) is 64.9 Å². The van der Waals surface area contributed by atoms with Gasteiger partial charge in [-0.15, -0.1) is 24.0 Å². The second-order valence-corrected chi connectivity index (χ2v) is 7.27. The standard InChI is InChI=1S/C17H34N4O.HI/c1-18-16(19-12-15(21(2)3)14-6-7-14)20-13-17(8-5-9-17)10-11-22-4;/h14-15H,5-13H2,1-4H3,(H2,18,19,20);1H. The van der Waals surface area contributed by atoms with E-state index in [0.717, 1.165) is 38.0 Å². The minimum Gasteiger partial charge on any atom is -0.385 e. The molecule has 0 saturated heterocycles. The van der Waals surface area contributed by atoms with Crippen LogP contribution in [0.5, 0.6) is 0 Å². The second kappa shape index (κ2) is 10.0. The van der Waals surface area contributed by atoms with Gasteiger partial charge in [0.15, 0.2) is 5.96 Å². The van der Waals surface area contributed by atoms with Gasteiger partial charge in [-0.3, -0.25) is 4.99 Å². The second-order valence-electron chi connectivity index (χ2n) is 7.27. The summed E-state index contributed by atoms with van der Waals surface area (Å²) >= 11 is 0. The fourth-order valence-corrected chi connectivity index (χ4v) is 3.46. The van der Waals surface area contributed by atoms with E-state index >= 15 is 0 Å². The van der Waals surface area contributed by atoms with E-state index in [0.29, 0.717) is 11.5 Å². The van der Waals surface area contributed by atoms with E-state index in [4.69, 9.17) is 4.74 Å². The van der Waals surface area contributed by atoms with Crippen molar-refractivity contribution in [1.29, 1.82) is 0 Å². The molecule has 0 heterocycles. The quantitative estimate of drug-likeness (QED) is 0.330. The molecule has 0 aromatic heterocycles. The van der Waals surface area contributed by atoms with E-state index in [-0.39, 0.29) is 24.0 Å². The molecule has 0 bridgehead atoms. The van der Waals surface area contributed by atoms with Crippen molar-refractivity contribution in [3.05, 3.63) is 0 Å². The molecule has 0 radical (unpaired) electrons. The number of hydrogen-bond acceptors (Lipinski definition) is 3. The minimum absolute atomic E-state index is 0. The predicted octanol–water partition coefficient (Wildman–Crippen LogP) is 2.32. The summed E-state index contributed by atoms with van der Waals surface area (Å²) in [5.74, 6) is 1.80. The van der Waals surface area contributed by atoms with Crippen LogP contribution in [-0.2, 0) is 4.74 Å². The number of halogens is 1. The first-order chi connectivity index (χ1) is 10.6. The van der Waals surface area contributed by atoms with Gasteiger partial charge in [-0.2, -0.15) is 0 Å². The Hall–Kier alpha value is -0.0800. The summed E-state index contributed by atoms with van der Waals surface area (Å²) in [6, 6.07) is 0.615. The summed E-state index contributed by atoms with van der Waals surface area (Å²) in [5, 5.41) is 7.05. The average molecular weight is 438 g/mol. The molecule has 6 heteroatoms. The molecule has 23 heavy (non-hydrogen) atoms. The van der Waals surface area contributed by atoms with E-state index in [1.54, 1.807) is 7.11 Å². The molecule has 0 aliphatic heterocycles. The van der Waals surface area contributed by atoms with Crippen molar-refractivity contribution in [2.75, 3.05) is 47.9 Å². The number of likely N-dealkylation sites (N-methyl/N-ethyl adjacent to an activating group) is 1. The third-order valence-electron chi connectivity index (χ3n) is 5.41. The van der Waals surface area contributed by atoms with Crippen molar-refractivity contribution >= 4 is 29.9 Å². The van der Waals surface area contributed by atoms with E-state index in [2.05, 4.69) is 34.6 Å². The lowest BCUT2D eigenvalue weighted by atomic mass is 9.67. The molecule has 2 aliphatic carbocycles.